The number of anilines is 1. The fraction of sp³-hybridized carbons (Fsp3) is 0.375. The van der Waals surface area contributed by atoms with Crippen LogP contribution in [0.15, 0.2) is 30.7 Å². The van der Waals surface area contributed by atoms with Crippen LogP contribution in [0.3, 0.4) is 0 Å². The third-order valence-corrected chi connectivity index (χ3v) is 7.77. The molecule has 3 fully saturated rings. The maximum absolute atomic E-state index is 14.1. The number of aliphatic hydroxyl groups excluding tert-OH is 1. The van der Waals surface area contributed by atoms with Crippen molar-refractivity contribution in [1.82, 2.24) is 29.7 Å². The van der Waals surface area contributed by atoms with E-state index in [1.54, 1.807) is 23.0 Å². The van der Waals surface area contributed by atoms with Crippen molar-refractivity contribution in [2.75, 3.05) is 38.3 Å². The van der Waals surface area contributed by atoms with Crippen LogP contribution in [0.1, 0.15) is 17.5 Å². The molecule has 190 valence electrons. The van der Waals surface area contributed by atoms with Crippen molar-refractivity contribution < 1.29 is 19.0 Å². The number of rotatable bonds is 8. The summed E-state index contributed by atoms with van der Waals surface area (Å²) >= 11 is 1.45. The molecule has 3 aliphatic rings. The Morgan fingerprint density at radius 2 is 2.08 bits per heavy atom. The van der Waals surface area contributed by atoms with Gasteiger partial charge in [-0.3, -0.25) is 4.90 Å². The lowest BCUT2D eigenvalue weighted by atomic mass is 9.87. The van der Waals surface area contributed by atoms with Crippen LogP contribution < -0.4 is 14.4 Å². The summed E-state index contributed by atoms with van der Waals surface area (Å²) < 4.78 is 26.2. The zero-order chi connectivity index (χ0) is 25.5. The Kier molecular flexibility index (Phi) is 6.07. The van der Waals surface area contributed by atoms with E-state index in [-0.39, 0.29) is 19.1 Å². The molecule has 11 nitrogen and oxygen atoms in total. The van der Waals surface area contributed by atoms with E-state index in [0.29, 0.717) is 46.0 Å². The topological polar surface area (TPSA) is 125 Å². The van der Waals surface area contributed by atoms with E-state index < -0.39 is 5.82 Å². The zero-order valence-corrected chi connectivity index (χ0v) is 20.7. The molecule has 2 atom stereocenters. The highest BCUT2D eigenvalue weighted by atomic mass is 32.1. The molecular formula is C24H23FN8O3S. The second kappa shape index (κ2) is 9.55. The van der Waals surface area contributed by atoms with Crippen LogP contribution in [0.4, 0.5) is 9.52 Å². The summed E-state index contributed by atoms with van der Waals surface area (Å²) in [6, 6.07) is 6.13. The second-order valence-electron chi connectivity index (χ2n) is 8.97. The molecule has 2 bridgehead atoms. The molecule has 0 spiro atoms. The third kappa shape index (κ3) is 4.22. The molecule has 4 aromatic rings. The number of fused-ring (bicyclic) bond motifs is 3. The van der Waals surface area contributed by atoms with Crippen molar-refractivity contribution in [2.45, 2.75) is 25.0 Å². The van der Waals surface area contributed by atoms with Crippen LogP contribution in [-0.4, -0.2) is 80.3 Å². The third-order valence-electron chi connectivity index (χ3n) is 6.75. The van der Waals surface area contributed by atoms with Gasteiger partial charge in [-0.15, -0.1) is 10.2 Å². The quantitative estimate of drug-likeness (QED) is 0.368. The molecule has 7 heterocycles. The Morgan fingerprint density at radius 3 is 2.81 bits per heavy atom. The van der Waals surface area contributed by atoms with Crippen molar-refractivity contribution in [3.05, 3.63) is 47.7 Å². The number of pyridine rings is 2. The first-order valence-electron chi connectivity index (χ1n) is 11.8. The van der Waals surface area contributed by atoms with Gasteiger partial charge < -0.3 is 19.5 Å². The van der Waals surface area contributed by atoms with E-state index in [9.17, 15) is 9.65 Å². The monoisotopic (exact) mass is 522 g/mol. The minimum absolute atomic E-state index is 0.00592. The van der Waals surface area contributed by atoms with Crippen LogP contribution >= 0.6 is 11.3 Å². The average molecular weight is 523 g/mol. The van der Waals surface area contributed by atoms with Gasteiger partial charge in [0, 0.05) is 43.5 Å². The largest absolute Gasteiger partial charge is 0.490 e. The summed E-state index contributed by atoms with van der Waals surface area (Å²) in [5, 5.41) is 33.3. The van der Waals surface area contributed by atoms with E-state index in [2.05, 4.69) is 36.1 Å². The van der Waals surface area contributed by atoms with E-state index in [1.165, 1.54) is 30.7 Å². The Balaban J connectivity index is 1.21. The van der Waals surface area contributed by atoms with Gasteiger partial charge in [0.25, 0.3) is 0 Å². The van der Waals surface area contributed by atoms with Gasteiger partial charge in [-0.2, -0.15) is 10.4 Å². The Bertz CT molecular complexity index is 1490. The molecule has 13 heteroatoms. The Morgan fingerprint density at radius 1 is 1.24 bits per heavy atom. The lowest BCUT2D eigenvalue weighted by Crippen LogP contribution is -2.68. The van der Waals surface area contributed by atoms with Crippen LogP contribution in [0, 0.1) is 17.1 Å². The predicted molar refractivity (Wildman–Crippen MR) is 132 cm³/mol. The molecule has 0 aliphatic carbocycles. The fourth-order valence-electron chi connectivity index (χ4n) is 5.05. The van der Waals surface area contributed by atoms with Gasteiger partial charge in [0.1, 0.15) is 18.4 Å². The van der Waals surface area contributed by atoms with Gasteiger partial charge in [0.05, 0.1) is 37.2 Å². The number of hydrogen-bond donors (Lipinski definition) is 1. The van der Waals surface area contributed by atoms with Crippen molar-refractivity contribution in [3.8, 4) is 28.3 Å². The van der Waals surface area contributed by atoms with Crippen LogP contribution in [0.2, 0.25) is 0 Å². The molecule has 3 saturated heterocycles. The van der Waals surface area contributed by atoms with Crippen molar-refractivity contribution >= 4 is 22.0 Å². The molecule has 2 unspecified atom stereocenters. The lowest BCUT2D eigenvalue weighted by molar-refractivity contribution is -0.00863. The van der Waals surface area contributed by atoms with E-state index in [1.807, 2.05) is 0 Å². The molecule has 0 aromatic carbocycles. The molecule has 37 heavy (non-hydrogen) atoms. The number of halogens is 1. The highest BCUT2D eigenvalue weighted by Gasteiger charge is 2.45. The number of hydrogen-bond acceptors (Lipinski definition) is 11. The summed E-state index contributed by atoms with van der Waals surface area (Å²) in [5.74, 6) is 0.0676. The second-order valence-corrected chi connectivity index (χ2v) is 9.93. The van der Waals surface area contributed by atoms with Gasteiger partial charge in [-0.05, 0) is 24.1 Å². The molecule has 0 amide bonds. The molecule has 4 aromatic heterocycles. The number of piperazine rings is 1. The SMILES string of the molecule is COc1ncc(CN2C3CC2CN(c2nnc(-c4cc(OCCO)cn5ncc(C#N)c45)s2)C3)cc1F. The molecule has 0 saturated carbocycles. The summed E-state index contributed by atoms with van der Waals surface area (Å²) in [6.45, 7) is 2.25. The number of nitrogens with zero attached hydrogens (tertiary/aromatic N) is 8. The van der Waals surface area contributed by atoms with Crippen LogP contribution in [0.5, 0.6) is 11.6 Å². The predicted octanol–water partition coefficient (Wildman–Crippen LogP) is 2.10. The minimum atomic E-state index is -0.452. The van der Waals surface area contributed by atoms with Crippen LogP contribution in [-0.2, 0) is 6.54 Å². The molecule has 0 radical (unpaired) electrons. The summed E-state index contributed by atoms with van der Waals surface area (Å²) in [7, 11) is 1.40. The molecular weight excluding hydrogens is 499 g/mol. The first-order valence-corrected chi connectivity index (χ1v) is 12.6. The number of piperidine rings is 1. The van der Waals surface area contributed by atoms with Gasteiger partial charge in [0.2, 0.25) is 11.0 Å². The minimum Gasteiger partial charge on any atom is -0.490 e. The van der Waals surface area contributed by atoms with E-state index in [4.69, 9.17) is 14.6 Å². The van der Waals surface area contributed by atoms with Gasteiger partial charge in [0.15, 0.2) is 10.8 Å². The number of aliphatic hydroxyl groups is 1. The van der Waals surface area contributed by atoms with Crippen molar-refractivity contribution in [1.29, 1.82) is 5.26 Å². The zero-order valence-electron chi connectivity index (χ0n) is 19.9. The smallest absolute Gasteiger partial charge is 0.250 e. The average Bonchev–Trinajstić information content (AvgIpc) is 3.58. The Hall–Kier alpha value is -3.86. The highest BCUT2D eigenvalue weighted by molar-refractivity contribution is 7.18. The van der Waals surface area contributed by atoms with Gasteiger partial charge in [-0.1, -0.05) is 11.3 Å². The van der Waals surface area contributed by atoms with Crippen LogP contribution in [0.25, 0.3) is 16.1 Å². The van der Waals surface area contributed by atoms with Crippen molar-refractivity contribution in [3.63, 3.8) is 0 Å². The van der Waals surface area contributed by atoms with Gasteiger partial charge in [-0.25, -0.2) is 13.9 Å². The summed E-state index contributed by atoms with van der Waals surface area (Å²) in [6.07, 6.45) is 5.93. The van der Waals surface area contributed by atoms with Crippen molar-refractivity contribution in [2.24, 2.45) is 0 Å². The molecule has 1 N–H and O–H groups in total. The highest BCUT2D eigenvalue weighted by Crippen LogP contribution is 2.39. The van der Waals surface area contributed by atoms with E-state index in [0.717, 1.165) is 30.2 Å². The summed E-state index contributed by atoms with van der Waals surface area (Å²) in [4.78, 5) is 8.65. The standard InChI is InChI=1S/C24H23FN8O3S/c1-35-22-20(25)4-14(8-27-22)10-32-16-5-17(32)12-31(11-16)24-30-29-23(37-24)19-6-18(36-3-2-34)13-33-21(19)15(7-26)9-28-33/h4,6,8-9,13,16-17,34H,2-3,5,10-12H2,1H3. The number of nitriles is 1. The fourth-order valence-corrected chi connectivity index (χ4v) is 5.93. The molecule has 3 aliphatic heterocycles. The Labute approximate surface area is 215 Å². The van der Waals surface area contributed by atoms with E-state index >= 15 is 0 Å². The number of aromatic nitrogens is 5. The maximum Gasteiger partial charge on any atom is 0.250 e. The first kappa shape index (κ1) is 23.5. The van der Waals surface area contributed by atoms with Gasteiger partial charge >= 0.3 is 0 Å². The number of ether oxygens (including phenoxy) is 2. The first-order chi connectivity index (χ1) is 18.1. The lowest BCUT2D eigenvalue weighted by Gasteiger charge is -2.56. The summed E-state index contributed by atoms with van der Waals surface area (Å²) in [5.41, 5.74) is 2.58. The molecule has 7 rings (SSSR count). The normalized spacial score (nSPS) is 19.0. The number of methoxy groups -OCH3 is 1. The maximum atomic E-state index is 14.1.